The van der Waals surface area contributed by atoms with Crippen molar-refractivity contribution in [2.45, 2.75) is 73.2 Å². The zero-order chi connectivity index (χ0) is 25.9. The number of carbonyl (C=O) groups is 3. The number of hydrogen-bond acceptors (Lipinski definition) is 6. The minimum absolute atomic E-state index is 0.0761. The number of alkyl carbamates (subject to hydrolysis) is 1. The van der Waals surface area contributed by atoms with Crippen LogP contribution in [0.15, 0.2) is 24.3 Å². The van der Waals surface area contributed by atoms with Gasteiger partial charge in [-0.25, -0.2) is 4.79 Å². The van der Waals surface area contributed by atoms with E-state index in [1.165, 1.54) is 11.8 Å². The minimum Gasteiger partial charge on any atom is -0.449 e. The van der Waals surface area contributed by atoms with Crippen LogP contribution in [0, 0.1) is 17.2 Å². The summed E-state index contributed by atoms with van der Waals surface area (Å²) < 4.78 is 4.73. The van der Waals surface area contributed by atoms with Crippen LogP contribution in [0.2, 0.25) is 17.1 Å². The molecule has 36 heavy (non-hydrogen) atoms. The molecule has 194 valence electrons. The molecule has 2 aliphatic heterocycles. The Bertz CT molecular complexity index is 1060. The molecule has 3 fully saturated rings. The number of nitrogens with zero attached hydrogens (tertiary/aromatic N) is 1. The van der Waals surface area contributed by atoms with Crippen molar-refractivity contribution in [3.8, 4) is 6.07 Å². The topological polar surface area (TPSA) is 120 Å². The first-order chi connectivity index (χ1) is 17.1. The number of nitrogens with one attached hydrogen (secondary N) is 3. The molecular weight excluding hydrogens is 516 g/mol. The van der Waals surface area contributed by atoms with Gasteiger partial charge in [-0.2, -0.15) is 5.26 Å². The molecule has 3 amide bonds. The number of thioether (sulfide) groups is 1. The van der Waals surface area contributed by atoms with Crippen LogP contribution >= 0.6 is 23.4 Å². The highest BCUT2D eigenvalue weighted by Crippen LogP contribution is 2.59. The SMILES string of the molecule is CC(C)(COC(=O)NC1S[C@@]1(CC1CC1)C(=O)N[C@H](C#N)C[Si@@H]1CCCNC1=O)c1cccc(Cl)c1. The number of nitriles is 1. The van der Waals surface area contributed by atoms with Crippen LogP contribution in [0.5, 0.6) is 0 Å². The molecule has 8 nitrogen and oxygen atoms in total. The smallest absolute Gasteiger partial charge is 0.408 e. The van der Waals surface area contributed by atoms with E-state index in [4.69, 9.17) is 16.3 Å². The van der Waals surface area contributed by atoms with E-state index < -0.39 is 36.5 Å². The number of benzene rings is 1. The molecule has 4 atom stereocenters. The Labute approximate surface area is 222 Å². The van der Waals surface area contributed by atoms with Crippen molar-refractivity contribution in [3.05, 3.63) is 34.9 Å². The fraction of sp³-hybridized carbons (Fsp3) is 0.600. The van der Waals surface area contributed by atoms with Crippen LogP contribution in [0.25, 0.3) is 0 Å². The van der Waals surface area contributed by atoms with E-state index in [0.717, 1.165) is 30.9 Å². The third-order valence-electron chi connectivity index (χ3n) is 7.17. The summed E-state index contributed by atoms with van der Waals surface area (Å²) in [6.07, 6.45) is 3.14. The maximum absolute atomic E-state index is 13.3. The molecule has 1 aliphatic carbocycles. The van der Waals surface area contributed by atoms with Gasteiger partial charge in [0.2, 0.25) is 5.91 Å². The van der Waals surface area contributed by atoms with Crippen molar-refractivity contribution < 1.29 is 19.1 Å². The predicted octanol–water partition coefficient (Wildman–Crippen LogP) is 3.89. The maximum atomic E-state index is 13.3. The van der Waals surface area contributed by atoms with Crippen molar-refractivity contribution in [1.29, 1.82) is 5.26 Å². The zero-order valence-corrected chi connectivity index (χ0v) is 23.4. The molecule has 1 aromatic rings. The Balaban J connectivity index is 1.33. The Hall–Kier alpha value is -2.22. The summed E-state index contributed by atoms with van der Waals surface area (Å²) in [5.74, 6) is 0.215. The summed E-state index contributed by atoms with van der Waals surface area (Å²) in [5, 5.41) is 18.5. The summed E-state index contributed by atoms with van der Waals surface area (Å²) >= 11 is 7.51. The quantitative estimate of drug-likeness (QED) is 0.301. The summed E-state index contributed by atoms with van der Waals surface area (Å²) in [7, 11) is -1.79. The zero-order valence-electron chi connectivity index (χ0n) is 20.6. The molecular formula is C25H33ClN4O4SSi. The van der Waals surface area contributed by atoms with Gasteiger partial charge < -0.3 is 20.7 Å². The molecule has 1 saturated carbocycles. The second-order valence-corrected chi connectivity index (χ2v) is 15.5. The third-order valence-corrected chi connectivity index (χ3v) is 12.0. The Morgan fingerprint density at radius 3 is 2.86 bits per heavy atom. The van der Waals surface area contributed by atoms with E-state index in [0.29, 0.717) is 30.0 Å². The van der Waals surface area contributed by atoms with Crippen molar-refractivity contribution >= 4 is 49.7 Å². The van der Waals surface area contributed by atoms with Crippen molar-refractivity contribution in [3.63, 3.8) is 0 Å². The standard InChI is InChI=1S/C25H33ClN4O4SSi/c1-24(2,17-5-3-6-18(26)11-17)15-34-22(32)30-21-25(35-21,12-16-7-8-16)20(31)29-19(13-27)14-36-10-4-9-28-23(36)33/h3,5-6,11,16,19,21,36H,4,7-10,12,14-15H2,1-2H3,(H,28,33)(H,29,31)(H,30,32)/t19-,21?,25+,36+/m1/s1. The average molecular weight is 549 g/mol. The maximum Gasteiger partial charge on any atom is 0.408 e. The van der Waals surface area contributed by atoms with Crippen molar-refractivity contribution in [2.75, 3.05) is 13.2 Å². The van der Waals surface area contributed by atoms with Gasteiger partial charge in [0.05, 0.1) is 6.07 Å². The van der Waals surface area contributed by atoms with E-state index in [-0.39, 0.29) is 18.0 Å². The predicted molar refractivity (Wildman–Crippen MR) is 143 cm³/mol. The minimum atomic E-state index is -1.79. The molecule has 1 unspecified atom stereocenters. The second-order valence-electron chi connectivity index (χ2n) is 10.7. The largest absolute Gasteiger partial charge is 0.449 e. The van der Waals surface area contributed by atoms with Crippen molar-refractivity contribution in [1.82, 2.24) is 16.0 Å². The van der Waals surface area contributed by atoms with Crippen LogP contribution in [0.4, 0.5) is 9.59 Å². The summed E-state index contributed by atoms with van der Waals surface area (Å²) in [6, 6.07) is 10.2. The fourth-order valence-corrected chi connectivity index (χ4v) is 8.74. The Morgan fingerprint density at radius 1 is 1.42 bits per heavy atom. The van der Waals surface area contributed by atoms with E-state index in [2.05, 4.69) is 22.0 Å². The number of carbonyl (C=O) groups excluding carboxylic acids is 3. The van der Waals surface area contributed by atoms with Crippen LogP contribution < -0.4 is 16.0 Å². The highest BCUT2D eigenvalue weighted by molar-refractivity contribution is 8.09. The van der Waals surface area contributed by atoms with Gasteiger partial charge >= 0.3 is 6.09 Å². The number of halogens is 1. The monoisotopic (exact) mass is 548 g/mol. The second kappa shape index (κ2) is 11.0. The molecule has 0 aromatic heterocycles. The summed E-state index contributed by atoms with van der Waals surface area (Å²) in [6.45, 7) is 4.79. The van der Waals surface area contributed by atoms with E-state index in [1.54, 1.807) is 6.07 Å². The van der Waals surface area contributed by atoms with Gasteiger partial charge in [-0.1, -0.05) is 50.4 Å². The van der Waals surface area contributed by atoms with Crippen LogP contribution in [-0.2, 0) is 14.9 Å². The molecule has 11 heteroatoms. The van der Waals surface area contributed by atoms with Crippen LogP contribution in [0.3, 0.4) is 0 Å². The van der Waals surface area contributed by atoms with Gasteiger partial charge in [-0.3, -0.25) is 9.59 Å². The lowest BCUT2D eigenvalue weighted by molar-refractivity contribution is -0.123. The third kappa shape index (κ3) is 6.55. The molecule has 2 saturated heterocycles. The first kappa shape index (κ1) is 26.8. The van der Waals surface area contributed by atoms with E-state index in [1.807, 2.05) is 32.0 Å². The fourth-order valence-electron chi connectivity index (χ4n) is 4.65. The van der Waals surface area contributed by atoms with Crippen molar-refractivity contribution in [2.24, 2.45) is 5.92 Å². The lowest BCUT2D eigenvalue weighted by atomic mass is 9.86. The van der Waals surface area contributed by atoms with E-state index in [9.17, 15) is 19.6 Å². The van der Waals surface area contributed by atoms with Gasteiger partial charge in [-0.05, 0) is 48.5 Å². The normalized spacial score (nSPS) is 26.2. The molecule has 4 rings (SSSR count). The Morgan fingerprint density at radius 2 is 2.19 bits per heavy atom. The van der Waals surface area contributed by atoms with Gasteiger partial charge in [0.15, 0.2) is 5.53 Å². The number of hydrogen-bond donors (Lipinski definition) is 3. The number of ether oxygens (including phenoxy) is 1. The highest BCUT2D eigenvalue weighted by atomic mass is 35.5. The molecule has 3 aliphatic rings. The molecule has 3 N–H and O–H groups in total. The lowest BCUT2D eigenvalue weighted by Crippen LogP contribution is -2.50. The van der Waals surface area contributed by atoms with E-state index >= 15 is 0 Å². The van der Waals surface area contributed by atoms with Crippen LogP contribution in [0.1, 0.15) is 45.1 Å². The first-order valence-corrected chi connectivity index (χ1v) is 16.0. The van der Waals surface area contributed by atoms with Crippen LogP contribution in [-0.4, -0.2) is 55.6 Å². The molecule has 0 spiro atoms. The lowest BCUT2D eigenvalue weighted by Gasteiger charge is -2.25. The molecule has 0 radical (unpaired) electrons. The highest BCUT2D eigenvalue weighted by Gasteiger charge is 2.64. The molecule has 2 heterocycles. The number of rotatable bonds is 10. The first-order valence-electron chi connectivity index (χ1n) is 12.5. The van der Waals surface area contributed by atoms with Gasteiger partial charge in [0.25, 0.3) is 0 Å². The molecule has 1 aromatic carbocycles. The van der Waals surface area contributed by atoms with Gasteiger partial charge in [0, 0.05) is 17.0 Å². The average Bonchev–Trinajstić information content (AvgIpc) is 3.77. The van der Waals surface area contributed by atoms with Gasteiger partial charge in [0.1, 0.15) is 31.6 Å². The summed E-state index contributed by atoms with van der Waals surface area (Å²) in [4.78, 5) is 38.1. The summed E-state index contributed by atoms with van der Waals surface area (Å²) in [5.41, 5.74) is 0.604. The Kier molecular flexibility index (Phi) is 8.22. The number of amides is 3. The molecule has 0 bridgehead atoms. The van der Waals surface area contributed by atoms with Gasteiger partial charge in [-0.15, -0.1) is 11.8 Å².